The smallest absolute Gasteiger partial charge is 0.220 e. The van der Waals surface area contributed by atoms with Crippen LogP contribution in [-0.2, 0) is 6.54 Å². The summed E-state index contributed by atoms with van der Waals surface area (Å²) in [6, 6.07) is 5.32. The van der Waals surface area contributed by atoms with E-state index in [2.05, 4.69) is 4.90 Å². The number of hydrogen-bond donors (Lipinski definition) is 1. The largest absolute Gasteiger partial charge is 0.504 e. The zero-order valence-corrected chi connectivity index (χ0v) is 11.9. The summed E-state index contributed by atoms with van der Waals surface area (Å²) in [5.41, 5.74) is 1.58. The van der Waals surface area contributed by atoms with E-state index < -0.39 is 0 Å². The first-order chi connectivity index (χ1) is 9.08. The molecule has 104 valence electrons. The van der Waals surface area contributed by atoms with Gasteiger partial charge in [0, 0.05) is 12.1 Å². The van der Waals surface area contributed by atoms with Gasteiger partial charge in [0.2, 0.25) is 5.43 Å². The second-order valence-electron chi connectivity index (χ2n) is 5.71. The van der Waals surface area contributed by atoms with Crippen molar-refractivity contribution in [1.82, 2.24) is 4.90 Å². The minimum absolute atomic E-state index is 0.0973. The number of piperidine rings is 1. The fraction of sp³-hybridized carbons (Fsp3) is 0.562. The van der Waals surface area contributed by atoms with Crippen LogP contribution in [0.25, 0.3) is 0 Å². The first-order valence-electron chi connectivity index (χ1n) is 7.16. The Kier molecular flexibility index (Phi) is 4.59. The minimum atomic E-state index is -0.284. The van der Waals surface area contributed by atoms with Gasteiger partial charge in [0.25, 0.3) is 0 Å². The molecule has 3 nitrogen and oxygen atoms in total. The van der Waals surface area contributed by atoms with Crippen molar-refractivity contribution < 1.29 is 5.11 Å². The third-order valence-electron chi connectivity index (χ3n) is 3.77. The van der Waals surface area contributed by atoms with Crippen molar-refractivity contribution in [2.45, 2.75) is 45.6 Å². The van der Waals surface area contributed by atoms with Crippen LogP contribution >= 0.6 is 0 Å². The molecule has 1 aromatic carbocycles. The first-order valence-corrected chi connectivity index (χ1v) is 7.16. The molecule has 1 fully saturated rings. The first kappa shape index (κ1) is 14.1. The molecule has 3 heteroatoms. The fourth-order valence-corrected chi connectivity index (χ4v) is 2.63. The van der Waals surface area contributed by atoms with Gasteiger partial charge in [-0.3, -0.25) is 9.69 Å². The molecular weight excluding hydrogens is 238 g/mol. The maximum Gasteiger partial charge on any atom is 0.220 e. The second kappa shape index (κ2) is 6.20. The molecule has 1 saturated heterocycles. The number of likely N-dealkylation sites (tertiary alicyclic amines) is 1. The van der Waals surface area contributed by atoms with Crippen LogP contribution < -0.4 is 5.43 Å². The summed E-state index contributed by atoms with van der Waals surface area (Å²) in [6.07, 6.45) is 3.84. The molecule has 2 rings (SSSR count). The second-order valence-corrected chi connectivity index (χ2v) is 5.71. The molecule has 0 unspecified atom stereocenters. The predicted molar refractivity (Wildman–Crippen MR) is 77.6 cm³/mol. The van der Waals surface area contributed by atoms with Gasteiger partial charge in [-0.05, 0) is 43.5 Å². The molecule has 0 radical (unpaired) electrons. The molecule has 1 aliphatic heterocycles. The molecule has 0 aromatic heterocycles. The van der Waals surface area contributed by atoms with E-state index in [1.165, 1.54) is 25.3 Å². The fourth-order valence-electron chi connectivity index (χ4n) is 2.63. The van der Waals surface area contributed by atoms with Gasteiger partial charge in [-0.25, -0.2) is 0 Å². The summed E-state index contributed by atoms with van der Waals surface area (Å²) in [6.45, 7) is 7.13. The normalized spacial score (nSPS) is 16.8. The average Bonchev–Trinajstić information content (AvgIpc) is 2.53. The SMILES string of the molecule is CC(C)c1cc(CN2CCCCC2)ccc(=O)c1O. The van der Waals surface area contributed by atoms with Crippen LogP contribution in [-0.4, -0.2) is 23.1 Å². The molecule has 0 spiro atoms. The summed E-state index contributed by atoms with van der Waals surface area (Å²) in [5.74, 6) is 0.0556. The lowest BCUT2D eigenvalue weighted by Gasteiger charge is -2.26. The standard InChI is InChI=1S/C16H23NO2/c1-12(2)14-10-13(6-7-15(18)16(14)19)11-17-8-4-3-5-9-17/h6-7,10,12H,3-5,8-9,11H2,1-2H3,(H,18,19). The number of hydrogen-bond acceptors (Lipinski definition) is 3. The Morgan fingerprint density at radius 3 is 2.53 bits per heavy atom. The maximum absolute atomic E-state index is 11.7. The quantitative estimate of drug-likeness (QED) is 0.909. The van der Waals surface area contributed by atoms with Crippen LogP contribution in [0.5, 0.6) is 5.75 Å². The Morgan fingerprint density at radius 1 is 1.21 bits per heavy atom. The van der Waals surface area contributed by atoms with E-state index >= 15 is 0 Å². The molecule has 0 amide bonds. The van der Waals surface area contributed by atoms with Gasteiger partial charge in [-0.15, -0.1) is 0 Å². The lowest BCUT2D eigenvalue weighted by molar-refractivity contribution is 0.221. The third-order valence-corrected chi connectivity index (χ3v) is 3.77. The van der Waals surface area contributed by atoms with Crippen molar-refractivity contribution in [3.05, 3.63) is 39.5 Å². The van der Waals surface area contributed by atoms with E-state index in [0.29, 0.717) is 0 Å². The highest BCUT2D eigenvalue weighted by Gasteiger charge is 2.13. The number of rotatable bonds is 3. The van der Waals surface area contributed by atoms with E-state index in [1.54, 1.807) is 0 Å². The van der Waals surface area contributed by atoms with E-state index in [0.717, 1.165) is 30.8 Å². The van der Waals surface area contributed by atoms with Crippen molar-refractivity contribution in [3.63, 3.8) is 0 Å². The van der Waals surface area contributed by atoms with Crippen molar-refractivity contribution in [2.75, 3.05) is 13.1 Å². The molecule has 0 aliphatic carbocycles. The third kappa shape index (κ3) is 3.57. The van der Waals surface area contributed by atoms with Gasteiger partial charge in [-0.2, -0.15) is 0 Å². The lowest BCUT2D eigenvalue weighted by atomic mass is 10.0. The zero-order chi connectivity index (χ0) is 13.8. The maximum atomic E-state index is 11.7. The minimum Gasteiger partial charge on any atom is -0.504 e. The van der Waals surface area contributed by atoms with Crippen molar-refractivity contribution in [2.24, 2.45) is 0 Å². The predicted octanol–water partition coefficient (Wildman–Crippen LogP) is 2.86. The van der Waals surface area contributed by atoms with Crippen molar-refractivity contribution >= 4 is 0 Å². The van der Waals surface area contributed by atoms with Gasteiger partial charge in [0.15, 0.2) is 5.75 Å². The summed E-state index contributed by atoms with van der Waals surface area (Å²) >= 11 is 0. The van der Waals surface area contributed by atoms with E-state index in [1.807, 2.05) is 26.0 Å². The molecule has 1 heterocycles. The summed E-state index contributed by atoms with van der Waals surface area (Å²) < 4.78 is 0. The molecule has 1 aromatic rings. The van der Waals surface area contributed by atoms with Crippen LogP contribution in [0.4, 0.5) is 0 Å². The Bertz CT molecular complexity index is 491. The molecule has 0 bridgehead atoms. The average molecular weight is 261 g/mol. The van der Waals surface area contributed by atoms with Crippen LogP contribution in [0, 0.1) is 0 Å². The highest BCUT2D eigenvalue weighted by molar-refractivity contribution is 5.36. The zero-order valence-electron chi connectivity index (χ0n) is 11.9. The van der Waals surface area contributed by atoms with Crippen molar-refractivity contribution in [1.29, 1.82) is 0 Å². The van der Waals surface area contributed by atoms with Crippen LogP contribution in [0.2, 0.25) is 0 Å². The van der Waals surface area contributed by atoms with Gasteiger partial charge >= 0.3 is 0 Å². The lowest BCUT2D eigenvalue weighted by Crippen LogP contribution is -2.28. The summed E-state index contributed by atoms with van der Waals surface area (Å²) in [4.78, 5) is 14.1. The summed E-state index contributed by atoms with van der Waals surface area (Å²) in [7, 11) is 0. The van der Waals surface area contributed by atoms with Crippen LogP contribution in [0.1, 0.15) is 50.2 Å². The summed E-state index contributed by atoms with van der Waals surface area (Å²) in [5, 5.41) is 9.93. The molecular formula is C16H23NO2. The number of aromatic hydroxyl groups is 1. The highest BCUT2D eigenvalue weighted by atomic mass is 16.3. The molecule has 19 heavy (non-hydrogen) atoms. The topological polar surface area (TPSA) is 40.5 Å². The molecule has 1 aliphatic rings. The monoisotopic (exact) mass is 261 g/mol. The van der Waals surface area contributed by atoms with Crippen LogP contribution in [0.3, 0.4) is 0 Å². The van der Waals surface area contributed by atoms with Crippen LogP contribution in [0.15, 0.2) is 23.0 Å². The Hall–Kier alpha value is -1.35. The number of nitrogens with zero attached hydrogens (tertiary/aromatic N) is 1. The molecule has 0 atom stereocenters. The molecule has 1 N–H and O–H groups in total. The van der Waals surface area contributed by atoms with Crippen molar-refractivity contribution in [3.8, 4) is 5.75 Å². The van der Waals surface area contributed by atoms with Gasteiger partial charge < -0.3 is 5.11 Å². The Morgan fingerprint density at radius 2 is 1.89 bits per heavy atom. The van der Waals surface area contributed by atoms with Gasteiger partial charge in [0.1, 0.15) is 0 Å². The van der Waals surface area contributed by atoms with Gasteiger partial charge in [-0.1, -0.05) is 32.4 Å². The van der Waals surface area contributed by atoms with E-state index in [9.17, 15) is 9.90 Å². The Balaban J connectivity index is 2.28. The molecule has 0 saturated carbocycles. The van der Waals surface area contributed by atoms with E-state index in [4.69, 9.17) is 0 Å². The van der Waals surface area contributed by atoms with E-state index in [-0.39, 0.29) is 17.1 Å². The van der Waals surface area contributed by atoms with Gasteiger partial charge in [0.05, 0.1) is 0 Å². The Labute approximate surface area is 114 Å². The highest BCUT2D eigenvalue weighted by Crippen LogP contribution is 2.23.